The van der Waals surface area contributed by atoms with E-state index in [-0.39, 0.29) is 0 Å². The highest BCUT2D eigenvalue weighted by Crippen LogP contribution is 2.29. The maximum atomic E-state index is 4.34. The van der Waals surface area contributed by atoms with Gasteiger partial charge in [0.15, 0.2) is 0 Å². The van der Waals surface area contributed by atoms with E-state index in [0.717, 1.165) is 19.3 Å². The normalized spacial score (nSPS) is 20.6. The fourth-order valence-electron chi connectivity index (χ4n) is 2.20. The summed E-state index contributed by atoms with van der Waals surface area (Å²) in [6, 6.07) is 2.27. The van der Waals surface area contributed by atoms with E-state index in [0.29, 0.717) is 5.92 Å². The van der Waals surface area contributed by atoms with Gasteiger partial charge in [-0.05, 0) is 43.2 Å². The van der Waals surface area contributed by atoms with Crippen LogP contribution in [0.4, 0.5) is 0 Å². The van der Waals surface area contributed by atoms with E-state index in [1.165, 1.54) is 29.8 Å². The molecule has 0 saturated carbocycles. The van der Waals surface area contributed by atoms with Crippen LogP contribution < -0.4 is 0 Å². The van der Waals surface area contributed by atoms with E-state index in [9.17, 15) is 0 Å². The van der Waals surface area contributed by atoms with Gasteiger partial charge in [0, 0.05) is 0 Å². The second-order valence-corrected chi connectivity index (χ2v) is 4.28. The maximum absolute atomic E-state index is 4.34. The van der Waals surface area contributed by atoms with Crippen molar-refractivity contribution in [3.05, 3.63) is 23.0 Å². The van der Waals surface area contributed by atoms with Crippen molar-refractivity contribution in [2.24, 2.45) is 0 Å². The van der Waals surface area contributed by atoms with Crippen LogP contribution in [0, 0.1) is 0 Å². The van der Waals surface area contributed by atoms with Gasteiger partial charge in [0.1, 0.15) is 0 Å². The molecule has 14 heavy (non-hydrogen) atoms. The monoisotopic (exact) mass is 190 g/mol. The number of nitrogens with zero attached hydrogens (tertiary/aromatic N) is 2. The highest BCUT2D eigenvalue weighted by atomic mass is 15.1. The quantitative estimate of drug-likeness (QED) is 0.716. The zero-order valence-electron chi connectivity index (χ0n) is 9.08. The van der Waals surface area contributed by atoms with Gasteiger partial charge in [0.05, 0.1) is 11.4 Å². The van der Waals surface area contributed by atoms with Gasteiger partial charge in [0.2, 0.25) is 0 Å². The highest BCUT2D eigenvalue weighted by molar-refractivity contribution is 5.27. The van der Waals surface area contributed by atoms with Crippen LogP contribution in [0.3, 0.4) is 0 Å². The first kappa shape index (κ1) is 9.63. The summed E-state index contributed by atoms with van der Waals surface area (Å²) in [7, 11) is 0. The lowest BCUT2D eigenvalue weighted by atomic mass is 9.87. The SMILES string of the molecule is CCCc1cc2c(nn1)CCCC2C. The summed E-state index contributed by atoms with van der Waals surface area (Å²) < 4.78 is 0. The van der Waals surface area contributed by atoms with Gasteiger partial charge in [-0.15, -0.1) is 0 Å². The topological polar surface area (TPSA) is 25.8 Å². The minimum absolute atomic E-state index is 0.685. The van der Waals surface area contributed by atoms with Crippen molar-refractivity contribution >= 4 is 0 Å². The van der Waals surface area contributed by atoms with Crippen LogP contribution in [0.1, 0.15) is 56.0 Å². The Morgan fingerprint density at radius 1 is 1.43 bits per heavy atom. The Labute approximate surface area is 85.8 Å². The molecule has 0 bridgehead atoms. The van der Waals surface area contributed by atoms with Crippen molar-refractivity contribution in [2.45, 2.75) is 51.9 Å². The summed E-state index contributed by atoms with van der Waals surface area (Å²) in [5.41, 5.74) is 3.86. The van der Waals surface area contributed by atoms with Crippen LogP contribution in [-0.4, -0.2) is 10.2 Å². The lowest BCUT2D eigenvalue weighted by molar-refractivity contribution is 0.567. The smallest absolute Gasteiger partial charge is 0.0665 e. The van der Waals surface area contributed by atoms with Gasteiger partial charge >= 0.3 is 0 Å². The molecule has 1 aliphatic rings. The summed E-state index contributed by atoms with van der Waals surface area (Å²) in [6.07, 6.45) is 5.92. The van der Waals surface area contributed by atoms with E-state index in [1.807, 2.05) is 0 Å². The number of hydrogen-bond donors (Lipinski definition) is 0. The van der Waals surface area contributed by atoms with Crippen molar-refractivity contribution in [3.8, 4) is 0 Å². The first-order valence-corrected chi connectivity index (χ1v) is 5.66. The molecule has 2 rings (SSSR count). The van der Waals surface area contributed by atoms with E-state index < -0.39 is 0 Å². The Morgan fingerprint density at radius 3 is 3.07 bits per heavy atom. The van der Waals surface area contributed by atoms with E-state index in [1.54, 1.807) is 0 Å². The van der Waals surface area contributed by atoms with Gasteiger partial charge in [-0.25, -0.2) is 0 Å². The molecule has 0 radical (unpaired) electrons. The average molecular weight is 190 g/mol. The van der Waals surface area contributed by atoms with Crippen molar-refractivity contribution in [2.75, 3.05) is 0 Å². The zero-order valence-corrected chi connectivity index (χ0v) is 9.08. The summed E-state index contributed by atoms with van der Waals surface area (Å²) in [5, 5.41) is 8.60. The molecule has 0 spiro atoms. The highest BCUT2D eigenvalue weighted by Gasteiger charge is 2.18. The van der Waals surface area contributed by atoms with Crippen LogP contribution in [0.2, 0.25) is 0 Å². The van der Waals surface area contributed by atoms with Crippen LogP contribution in [0.25, 0.3) is 0 Å². The average Bonchev–Trinajstić information content (AvgIpc) is 2.20. The van der Waals surface area contributed by atoms with E-state index in [4.69, 9.17) is 0 Å². The fraction of sp³-hybridized carbons (Fsp3) is 0.667. The molecule has 1 atom stereocenters. The third kappa shape index (κ3) is 1.79. The Kier molecular flexibility index (Phi) is 2.80. The third-order valence-corrected chi connectivity index (χ3v) is 3.04. The molecule has 2 heteroatoms. The largest absolute Gasteiger partial charge is 0.155 e. The minimum atomic E-state index is 0.685. The van der Waals surface area contributed by atoms with E-state index >= 15 is 0 Å². The fourth-order valence-corrected chi connectivity index (χ4v) is 2.20. The number of aryl methyl sites for hydroxylation is 2. The molecule has 76 valence electrons. The van der Waals surface area contributed by atoms with Crippen LogP contribution >= 0.6 is 0 Å². The molecule has 1 aliphatic carbocycles. The summed E-state index contributed by atoms with van der Waals surface area (Å²) >= 11 is 0. The summed E-state index contributed by atoms with van der Waals surface area (Å²) in [5.74, 6) is 0.685. The Bertz CT molecular complexity index is 320. The molecule has 1 unspecified atom stereocenters. The van der Waals surface area contributed by atoms with Crippen LogP contribution in [-0.2, 0) is 12.8 Å². The summed E-state index contributed by atoms with van der Waals surface area (Å²) in [6.45, 7) is 4.49. The molecule has 0 aliphatic heterocycles. The molecule has 0 fully saturated rings. The number of hydrogen-bond acceptors (Lipinski definition) is 2. The lowest BCUT2D eigenvalue weighted by Gasteiger charge is -2.20. The van der Waals surface area contributed by atoms with Gasteiger partial charge in [-0.3, -0.25) is 0 Å². The number of aromatic nitrogens is 2. The first-order valence-electron chi connectivity index (χ1n) is 5.66. The van der Waals surface area contributed by atoms with Crippen molar-refractivity contribution < 1.29 is 0 Å². The molecule has 0 saturated heterocycles. The molecule has 1 heterocycles. The molecule has 0 amide bonds. The second-order valence-electron chi connectivity index (χ2n) is 4.28. The van der Waals surface area contributed by atoms with Crippen molar-refractivity contribution in [1.82, 2.24) is 10.2 Å². The second kappa shape index (κ2) is 4.07. The Morgan fingerprint density at radius 2 is 2.29 bits per heavy atom. The Hall–Kier alpha value is -0.920. The van der Waals surface area contributed by atoms with Crippen LogP contribution in [0.5, 0.6) is 0 Å². The third-order valence-electron chi connectivity index (χ3n) is 3.04. The predicted molar refractivity (Wildman–Crippen MR) is 57.4 cm³/mol. The zero-order chi connectivity index (χ0) is 9.97. The van der Waals surface area contributed by atoms with E-state index in [2.05, 4.69) is 30.1 Å². The van der Waals surface area contributed by atoms with Crippen molar-refractivity contribution in [3.63, 3.8) is 0 Å². The molecular weight excluding hydrogens is 172 g/mol. The Balaban J connectivity index is 2.31. The number of rotatable bonds is 2. The molecule has 1 aromatic heterocycles. The standard InChI is InChI=1S/C12H18N2/c1-3-5-10-8-11-9(2)6-4-7-12(11)14-13-10/h8-9H,3-7H2,1-2H3. The molecule has 2 nitrogen and oxygen atoms in total. The number of fused-ring (bicyclic) bond motifs is 1. The molecule has 0 aromatic carbocycles. The van der Waals surface area contributed by atoms with Gasteiger partial charge < -0.3 is 0 Å². The molecule has 1 aromatic rings. The van der Waals surface area contributed by atoms with Crippen molar-refractivity contribution in [1.29, 1.82) is 0 Å². The van der Waals surface area contributed by atoms with Crippen LogP contribution in [0.15, 0.2) is 6.07 Å². The molecule has 0 N–H and O–H groups in total. The van der Waals surface area contributed by atoms with Gasteiger partial charge in [0.25, 0.3) is 0 Å². The van der Waals surface area contributed by atoms with Gasteiger partial charge in [-0.1, -0.05) is 20.3 Å². The molecular formula is C12H18N2. The maximum Gasteiger partial charge on any atom is 0.0665 e. The summed E-state index contributed by atoms with van der Waals surface area (Å²) in [4.78, 5) is 0. The first-order chi connectivity index (χ1) is 6.81. The predicted octanol–water partition coefficient (Wildman–Crippen LogP) is 2.87. The lowest BCUT2D eigenvalue weighted by Crippen LogP contribution is -2.11. The van der Waals surface area contributed by atoms with Gasteiger partial charge in [-0.2, -0.15) is 10.2 Å². The minimum Gasteiger partial charge on any atom is -0.155 e.